The summed E-state index contributed by atoms with van der Waals surface area (Å²) < 4.78 is 1.71. The van der Waals surface area contributed by atoms with Gasteiger partial charge in [0, 0.05) is 27.7 Å². The molecule has 0 aliphatic heterocycles. The van der Waals surface area contributed by atoms with E-state index in [1.54, 1.807) is 22.9 Å². The average molecular weight is 607 g/mol. The second-order valence-corrected chi connectivity index (χ2v) is 11.4. The van der Waals surface area contributed by atoms with Crippen LogP contribution in [0.15, 0.2) is 42.5 Å². The molecule has 1 amide bonds. The van der Waals surface area contributed by atoms with Crippen LogP contribution >= 0.6 is 34.8 Å². The molecule has 9 heteroatoms. The number of hydrogen-bond donors (Lipinski definition) is 3. The van der Waals surface area contributed by atoms with Gasteiger partial charge in [0.05, 0.1) is 16.4 Å². The monoisotopic (exact) mass is 605 g/mol. The third kappa shape index (κ3) is 10.1. The Kier molecular flexibility index (Phi) is 14.3. The molecule has 0 bridgehead atoms. The van der Waals surface area contributed by atoms with E-state index >= 15 is 0 Å². The molecule has 4 N–H and O–H groups in total. The first kappa shape index (κ1) is 32.4. The van der Waals surface area contributed by atoms with Crippen molar-refractivity contribution in [2.24, 2.45) is 5.73 Å². The Labute approximate surface area is 254 Å². The molecular formula is C31H42Cl3N5O. The van der Waals surface area contributed by atoms with E-state index in [9.17, 15) is 4.79 Å². The Balaban J connectivity index is 1.46. The molecular weight excluding hydrogens is 565 g/mol. The van der Waals surface area contributed by atoms with E-state index in [0.717, 1.165) is 55.7 Å². The maximum Gasteiger partial charge on any atom is 0.272 e. The van der Waals surface area contributed by atoms with Gasteiger partial charge in [0.25, 0.3) is 5.91 Å². The SMILES string of the molecule is Cc1c(C(=O)NCCCCCCCNCCCCCCCN)nn(-c2ccc(Cl)cc2Cl)c1-c1ccc(Cl)cc1. The number of amides is 1. The highest BCUT2D eigenvalue weighted by molar-refractivity contribution is 6.35. The van der Waals surface area contributed by atoms with E-state index in [4.69, 9.17) is 40.5 Å². The molecule has 40 heavy (non-hydrogen) atoms. The number of carbonyl (C=O) groups is 1. The highest BCUT2D eigenvalue weighted by Crippen LogP contribution is 2.33. The molecule has 3 aromatic rings. The van der Waals surface area contributed by atoms with Gasteiger partial charge in [-0.2, -0.15) is 5.10 Å². The molecule has 0 unspecified atom stereocenters. The molecule has 1 heterocycles. The van der Waals surface area contributed by atoms with Crippen molar-refractivity contribution in [2.45, 2.75) is 71.1 Å². The van der Waals surface area contributed by atoms with E-state index < -0.39 is 0 Å². The Bertz CT molecular complexity index is 1200. The van der Waals surface area contributed by atoms with Crippen LogP contribution in [-0.4, -0.2) is 41.9 Å². The zero-order chi connectivity index (χ0) is 28.7. The smallest absolute Gasteiger partial charge is 0.272 e. The summed E-state index contributed by atoms with van der Waals surface area (Å²) in [6.07, 6.45) is 11.8. The maximum atomic E-state index is 13.1. The highest BCUT2D eigenvalue weighted by Gasteiger charge is 2.23. The molecule has 0 fully saturated rings. The van der Waals surface area contributed by atoms with Crippen molar-refractivity contribution in [2.75, 3.05) is 26.2 Å². The first-order valence-corrected chi connectivity index (χ1v) is 15.6. The summed E-state index contributed by atoms with van der Waals surface area (Å²) in [6.45, 7) is 5.51. The van der Waals surface area contributed by atoms with E-state index in [0.29, 0.717) is 33.0 Å². The van der Waals surface area contributed by atoms with E-state index in [2.05, 4.69) is 15.7 Å². The normalized spacial score (nSPS) is 11.2. The third-order valence-corrected chi connectivity index (χ3v) is 7.76. The summed E-state index contributed by atoms with van der Waals surface area (Å²) in [5.41, 5.74) is 8.99. The zero-order valence-corrected chi connectivity index (χ0v) is 25.7. The van der Waals surface area contributed by atoms with Crippen LogP contribution < -0.4 is 16.4 Å². The van der Waals surface area contributed by atoms with Crippen molar-refractivity contribution in [3.8, 4) is 16.9 Å². The third-order valence-electron chi connectivity index (χ3n) is 6.97. The summed E-state index contributed by atoms with van der Waals surface area (Å²) >= 11 is 18.8. The van der Waals surface area contributed by atoms with Gasteiger partial charge in [-0.3, -0.25) is 4.79 Å². The number of aromatic nitrogens is 2. The lowest BCUT2D eigenvalue weighted by molar-refractivity contribution is 0.0947. The minimum atomic E-state index is -0.191. The lowest BCUT2D eigenvalue weighted by Crippen LogP contribution is -2.25. The predicted octanol–water partition coefficient (Wildman–Crippen LogP) is 7.99. The van der Waals surface area contributed by atoms with Crippen molar-refractivity contribution in [3.63, 3.8) is 0 Å². The Morgan fingerprint density at radius 1 is 0.800 bits per heavy atom. The summed E-state index contributed by atoms with van der Waals surface area (Å²) in [4.78, 5) is 13.1. The summed E-state index contributed by atoms with van der Waals surface area (Å²) in [5.74, 6) is -0.191. The van der Waals surface area contributed by atoms with Gasteiger partial charge in [-0.25, -0.2) is 4.68 Å². The van der Waals surface area contributed by atoms with Crippen LogP contribution in [0.25, 0.3) is 16.9 Å². The minimum absolute atomic E-state index is 0.191. The zero-order valence-electron chi connectivity index (χ0n) is 23.5. The Morgan fingerprint density at radius 3 is 2.00 bits per heavy atom. The van der Waals surface area contributed by atoms with Gasteiger partial charge < -0.3 is 16.4 Å². The lowest BCUT2D eigenvalue weighted by atomic mass is 10.1. The number of rotatable bonds is 18. The molecule has 0 aliphatic rings. The minimum Gasteiger partial charge on any atom is -0.351 e. The van der Waals surface area contributed by atoms with Crippen molar-refractivity contribution < 1.29 is 4.79 Å². The summed E-state index contributed by atoms with van der Waals surface area (Å²) in [7, 11) is 0. The van der Waals surface area contributed by atoms with Crippen LogP contribution in [0.1, 0.15) is 80.3 Å². The number of unbranched alkanes of at least 4 members (excludes halogenated alkanes) is 8. The largest absolute Gasteiger partial charge is 0.351 e. The van der Waals surface area contributed by atoms with Gasteiger partial charge in [-0.15, -0.1) is 0 Å². The van der Waals surface area contributed by atoms with Gasteiger partial charge in [0.1, 0.15) is 0 Å². The van der Waals surface area contributed by atoms with Crippen LogP contribution in [0.5, 0.6) is 0 Å². The highest BCUT2D eigenvalue weighted by atomic mass is 35.5. The number of halogens is 3. The molecule has 2 aromatic carbocycles. The molecule has 0 spiro atoms. The second kappa shape index (κ2) is 17.7. The fourth-order valence-corrected chi connectivity index (χ4v) is 5.34. The standard InChI is InChI=1S/C31H42Cl3N5O/c1-23-29(31(40)37-21-11-7-3-6-10-20-36-19-9-5-2-4-8-18-35)38-39(28-17-16-26(33)22-27(28)34)30(23)24-12-14-25(32)15-13-24/h12-17,22,36H,2-11,18-21,35H2,1H3,(H,37,40). The van der Waals surface area contributed by atoms with Crippen LogP contribution in [0, 0.1) is 6.92 Å². The number of hydrogen-bond acceptors (Lipinski definition) is 4. The van der Waals surface area contributed by atoms with Crippen LogP contribution in [0.2, 0.25) is 15.1 Å². The topological polar surface area (TPSA) is 85.0 Å². The second-order valence-electron chi connectivity index (χ2n) is 10.2. The van der Waals surface area contributed by atoms with Crippen LogP contribution in [0.4, 0.5) is 0 Å². The molecule has 0 atom stereocenters. The first-order valence-electron chi connectivity index (χ1n) is 14.4. The number of benzene rings is 2. The van der Waals surface area contributed by atoms with Crippen LogP contribution in [-0.2, 0) is 0 Å². The number of nitrogens with two attached hydrogens (primary N) is 1. The summed E-state index contributed by atoms with van der Waals surface area (Å²) in [5, 5.41) is 12.9. The number of nitrogens with one attached hydrogen (secondary N) is 2. The van der Waals surface area contributed by atoms with Gasteiger partial charge in [-0.05, 0) is 82.6 Å². The van der Waals surface area contributed by atoms with Crippen LogP contribution in [0.3, 0.4) is 0 Å². The van der Waals surface area contributed by atoms with Crippen molar-refractivity contribution in [1.82, 2.24) is 20.4 Å². The first-order chi connectivity index (χ1) is 19.4. The van der Waals surface area contributed by atoms with E-state index in [-0.39, 0.29) is 5.91 Å². The number of nitrogens with zero attached hydrogens (tertiary/aromatic N) is 2. The van der Waals surface area contributed by atoms with Gasteiger partial charge in [0.15, 0.2) is 5.69 Å². The van der Waals surface area contributed by atoms with Gasteiger partial charge >= 0.3 is 0 Å². The van der Waals surface area contributed by atoms with Crippen molar-refractivity contribution >= 4 is 40.7 Å². The van der Waals surface area contributed by atoms with Crippen molar-refractivity contribution in [1.29, 1.82) is 0 Å². The Morgan fingerprint density at radius 2 is 1.38 bits per heavy atom. The molecule has 0 aliphatic carbocycles. The molecule has 3 rings (SSSR count). The summed E-state index contributed by atoms with van der Waals surface area (Å²) in [6, 6.07) is 12.7. The molecule has 218 valence electrons. The lowest BCUT2D eigenvalue weighted by Gasteiger charge is -2.11. The quantitative estimate of drug-likeness (QED) is 0.128. The molecule has 1 aromatic heterocycles. The maximum absolute atomic E-state index is 13.1. The van der Waals surface area contributed by atoms with Crippen molar-refractivity contribution in [3.05, 3.63) is 68.8 Å². The van der Waals surface area contributed by atoms with Gasteiger partial charge in [0.2, 0.25) is 0 Å². The molecule has 0 saturated heterocycles. The molecule has 0 saturated carbocycles. The fraction of sp³-hybridized carbons (Fsp3) is 0.484. The number of carbonyl (C=O) groups excluding carboxylic acids is 1. The average Bonchev–Trinajstić information content (AvgIpc) is 3.27. The molecule has 0 radical (unpaired) electrons. The predicted molar refractivity (Wildman–Crippen MR) is 169 cm³/mol. The van der Waals surface area contributed by atoms with E-state index in [1.165, 1.54) is 44.9 Å². The Hall–Kier alpha value is -2.09. The van der Waals surface area contributed by atoms with Gasteiger partial charge in [-0.1, -0.05) is 85.5 Å². The molecule has 6 nitrogen and oxygen atoms in total. The van der Waals surface area contributed by atoms with E-state index in [1.807, 2.05) is 31.2 Å². The fourth-order valence-electron chi connectivity index (χ4n) is 4.73.